The summed E-state index contributed by atoms with van der Waals surface area (Å²) in [5, 5.41) is 0. The Kier molecular flexibility index (Phi) is 5.43. The Labute approximate surface area is 125 Å². The number of nitrogens with one attached hydrogen (secondary N) is 1. The fraction of sp³-hybridized carbons (Fsp3) is 0.571. The number of hydrogen-bond donors (Lipinski definition) is 1. The molecule has 2 rings (SSSR count). The second kappa shape index (κ2) is 6.89. The summed E-state index contributed by atoms with van der Waals surface area (Å²) in [6, 6.07) is 6.83. The van der Waals surface area contributed by atoms with Crippen molar-refractivity contribution < 1.29 is 13.2 Å². The van der Waals surface area contributed by atoms with E-state index in [0.29, 0.717) is 30.2 Å². The summed E-state index contributed by atoms with van der Waals surface area (Å²) < 4.78 is 32.8. The highest BCUT2D eigenvalue weighted by atomic mass is 35.5. The van der Waals surface area contributed by atoms with E-state index in [2.05, 4.69) is 4.72 Å². The van der Waals surface area contributed by atoms with Crippen LogP contribution in [-0.2, 0) is 21.2 Å². The van der Waals surface area contributed by atoms with E-state index in [1.54, 1.807) is 12.1 Å². The van der Waals surface area contributed by atoms with Gasteiger partial charge in [-0.25, -0.2) is 13.1 Å². The minimum absolute atomic E-state index is 0.0498. The van der Waals surface area contributed by atoms with Crippen LogP contribution in [0.15, 0.2) is 29.2 Å². The Morgan fingerprint density at radius 1 is 1.35 bits per heavy atom. The van der Waals surface area contributed by atoms with Crippen LogP contribution in [-0.4, -0.2) is 33.1 Å². The van der Waals surface area contributed by atoms with E-state index in [1.165, 1.54) is 0 Å². The summed E-state index contributed by atoms with van der Waals surface area (Å²) >= 11 is 5.67. The predicted molar refractivity (Wildman–Crippen MR) is 79.6 cm³/mol. The molecular weight excluding hydrogens is 298 g/mol. The minimum Gasteiger partial charge on any atom is -0.378 e. The summed E-state index contributed by atoms with van der Waals surface area (Å²) in [5.74, 6) is 0.532. The molecule has 1 aromatic carbocycles. The summed E-state index contributed by atoms with van der Waals surface area (Å²) in [4.78, 5) is 0.301. The van der Waals surface area contributed by atoms with Crippen molar-refractivity contribution in [3.8, 4) is 0 Å². The molecule has 0 saturated carbocycles. The number of rotatable bonds is 5. The van der Waals surface area contributed by atoms with Crippen molar-refractivity contribution in [1.29, 1.82) is 0 Å². The molecule has 1 N–H and O–H groups in total. The minimum atomic E-state index is -3.45. The Bertz CT molecular complexity index is 530. The Balaban J connectivity index is 2.05. The number of benzene rings is 1. The van der Waals surface area contributed by atoms with Gasteiger partial charge in [0, 0.05) is 18.5 Å². The second-order valence-electron chi connectivity index (χ2n) is 5.11. The molecule has 1 fully saturated rings. The first-order chi connectivity index (χ1) is 9.51. The van der Waals surface area contributed by atoms with Gasteiger partial charge in [0.15, 0.2) is 0 Å². The van der Waals surface area contributed by atoms with Gasteiger partial charge in [0.05, 0.1) is 11.0 Å². The third kappa shape index (κ3) is 4.19. The van der Waals surface area contributed by atoms with Crippen LogP contribution >= 0.6 is 11.6 Å². The van der Waals surface area contributed by atoms with Crippen molar-refractivity contribution in [3.63, 3.8) is 0 Å². The van der Waals surface area contributed by atoms with Gasteiger partial charge in [0.2, 0.25) is 10.0 Å². The molecular formula is C14H20ClNO3S. The van der Waals surface area contributed by atoms with E-state index in [-0.39, 0.29) is 12.1 Å². The van der Waals surface area contributed by atoms with Crippen molar-refractivity contribution in [2.75, 3.05) is 12.5 Å². The molecule has 4 nitrogen and oxygen atoms in total. The van der Waals surface area contributed by atoms with Gasteiger partial charge >= 0.3 is 0 Å². The molecule has 6 heteroatoms. The summed E-state index contributed by atoms with van der Waals surface area (Å²) in [7, 11) is -3.45. The molecule has 1 heterocycles. The maximum absolute atomic E-state index is 12.3. The lowest BCUT2D eigenvalue weighted by Crippen LogP contribution is -2.41. The molecule has 0 aromatic heterocycles. The molecule has 1 aliphatic rings. The second-order valence-corrected chi connectivity index (χ2v) is 7.20. The number of sulfonamides is 1. The topological polar surface area (TPSA) is 55.4 Å². The Hall–Kier alpha value is -0.620. The van der Waals surface area contributed by atoms with Gasteiger partial charge in [-0.1, -0.05) is 12.1 Å². The average Bonchev–Trinajstić information content (AvgIpc) is 2.39. The van der Waals surface area contributed by atoms with Gasteiger partial charge in [0.25, 0.3) is 0 Å². The van der Waals surface area contributed by atoms with E-state index >= 15 is 0 Å². The van der Waals surface area contributed by atoms with Gasteiger partial charge in [-0.2, -0.15) is 0 Å². The monoisotopic (exact) mass is 317 g/mol. The highest BCUT2D eigenvalue weighted by molar-refractivity contribution is 7.89. The molecule has 0 aliphatic carbocycles. The molecule has 0 amide bonds. The molecule has 2 unspecified atom stereocenters. The van der Waals surface area contributed by atoms with E-state index in [1.807, 2.05) is 19.1 Å². The highest BCUT2D eigenvalue weighted by Crippen LogP contribution is 2.17. The van der Waals surface area contributed by atoms with Crippen molar-refractivity contribution in [2.24, 2.45) is 0 Å². The third-order valence-electron chi connectivity index (χ3n) is 3.42. The van der Waals surface area contributed by atoms with Crippen LogP contribution in [0.1, 0.15) is 25.3 Å². The Morgan fingerprint density at radius 2 is 2.05 bits per heavy atom. The number of ether oxygens (including phenoxy) is 1. The van der Waals surface area contributed by atoms with Gasteiger partial charge in [-0.3, -0.25) is 0 Å². The SMILES string of the molecule is CC1CC(NS(=O)(=O)c2ccc(CCCl)cc2)CCO1. The first-order valence-corrected chi connectivity index (χ1v) is 8.82. The summed E-state index contributed by atoms with van der Waals surface area (Å²) in [5.41, 5.74) is 1.04. The highest BCUT2D eigenvalue weighted by Gasteiger charge is 2.24. The van der Waals surface area contributed by atoms with Crippen molar-refractivity contribution in [1.82, 2.24) is 4.72 Å². The van der Waals surface area contributed by atoms with E-state index in [0.717, 1.165) is 12.0 Å². The van der Waals surface area contributed by atoms with Crippen LogP contribution in [0.2, 0.25) is 0 Å². The fourth-order valence-corrected chi connectivity index (χ4v) is 3.84. The predicted octanol–water partition coefficient (Wildman–Crippen LogP) is 2.31. The zero-order valence-corrected chi connectivity index (χ0v) is 13.1. The maximum atomic E-state index is 12.3. The van der Waals surface area contributed by atoms with Crippen LogP contribution in [0.5, 0.6) is 0 Å². The number of hydrogen-bond acceptors (Lipinski definition) is 3. The van der Waals surface area contributed by atoms with Crippen LogP contribution < -0.4 is 4.72 Å². The molecule has 0 radical (unpaired) electrons. The van der Waals surface area contributed by atoms with Crippen LogP contribution in [0, 0.1) is 0 Å². The van der Waals surface area contributed by atoms with Crippen molar-refractivity contribution in [2.45, 2.75) is 43.2 Å². The van der Waals surface area contributed by atoms with E-state index < -0.39 is 10.0 Å². The van der Waals surface area contributed by atoms with Crippen molar-refractivity contribution in [3.05, 3.63) is 29.8 Å². The quantitative estimate of drug-likeness (QED) is 0.848. The van der Waals surface area contributed by atoms with Gasteiger partial charge in [-0.15, -0.1) is 11.6 Å². The third-order valence-corrected chi connectivity index (χ3v) is 5.15. The average molecular weight is 318 g/mol. The molecule has 20 heavy (non-hydrogen) atoms. The molecule has 2 atom stereocenters. The number of alkyl halides is 1. The fourth-order valence-electron chi connectivity index (χ4n) is 2.34. The van der Waals surface area contributed by atoms with Gasteiger partial charge < -0.3 is 4.74 Å². The van der Waals surface area contributed by atoms with E-state index in [4.69, 9.17) is 16.3 Å². The lowest BCUT2D eigenvalue weighted by molar-refractivity contribution is 0.0173. The number of aryl methyl sites for hydroxylation is 1. The zero-order valence-electron chi connectivity index (χ0n) is 11.5. The van der Waals surface area contributed by atoms with Crippen LogP contribution in [0.3, 0.4) is 0 Å². The molecule has 1 aromatic rings. The normalized spacial score (nSPS) is 23.7. The number of halogens is 1. The molecule has 1 aliphatic heterocycles. The first kappa shape index (κ1) is 15.8. The first-order valence-electron chi connectivity index (χ1n) is 6.80. The van der Waals surface area contributed by atoms with Gasteiger partial charge in [0.1, 0.15) is 0 Å². The van der Waals surface area contributed by atoms with E-state index in [9.17, 15) is 8.42 Å². The maximum Gasteiger partial charge on any atom is 0.240 e. The molecule has 112 valence electrons. The van der Waals surface area contributed by atoms with Gasteiger partial charge in [-0.05, 0) is 43.9 Å². The Morgan fingerprint density at radius 3 is 2.65 bits per heavy atom. The molecule has 1 saturated heterocycles. The lowest BCUT2D eigenvalue weighted by atomic mass is 10.1. The van der Waals surface area contributed by atoms with Crippen LogP contribution in [0.25, 0.3) is 0 Å². The summed E-state index contributed by atoms with van der Waals surface area (Å²) in [6.07, 6.45) is 2.27. The molecule has 0 bridgehead atoms. The smallest absolute Gasteiger partial charge is 0.240 e. The van der Waals surface area contributed by atoms with Crippen molar-refractivity contribution >= 4 is 21.6 Å². The summed E-state index contributed by atoms with van der Waals surface area (Å²) in [6.45, 7) is 2.56. The van der Waals surface area contributed by atoms with Crippen LogP contribution in [0.4, 0.5) is 0 Å². The standard InChI is InChI=1S/C14H20ClNO3S/c1-11-10-13(7-9-19-11)16-20(17,18)14-4-2-12(3-5-14)6-8-15/h2-5,11,13,16H,6-10H2,1H3. The lowest BCUT2D eigenvalue weighted by Gasteiger charge is -2.27. The largest absolute Gasteiger partial charge is 0.378 e. The zero-order chi connectivity index (χ0) is 14.6. The molecule has 0 spiro atoms.